The first-order valence-electron chi connectivity index (χ1n) is 10.2. The van der Waals surface area contributed by atoms with E-state index in [1.165, 1.54) is 20.3 Å². The standard InChI is InChI=1S/C23H29N3O5/c1-15-8-9-24-21(12-15)25-10-11-26(16(2)14-25)22(27)17(3)31-19-7-6-18(23(28)30-5)13-20(19)29-4/h6-9,12-13,16-17H,10-11,14H2,1-5H3/t16?,17-/m0/s1. The highest BCUT2D eigenvalue weighted by atomic mass is 16.5. The molecule has 0 spiro atoms. The van der Waals surface area contributed by atoms with Crippen molar-refractivity contribution in [2.45, 2.75) is 32.9 Å². The Hall–Kier alpha value is -3.29. The molecular formula is C23H29N3O5. The van der Waals surface area contributed by atoms with Gasteiger partial charge in [-0.3, -0.25) is 4.79 Å². The van der Waals surface area contributed by atoms with Crippen molar-refractivity contribution in [2.75, 3.05) is 38.8 Å². The molecule has 1 aromatic carbocycles. The Morgan fingerprint density at radius 2 is 1.90 bits per heavy atom. The molecule has 0 bridgehead atoms. The van der Waals surface area contributed by atoms with Gasteiger partial charge in [0.15, 0.2) is 17.6 Å². The van der Waals surface area contributed by atoms with E-state index in [9.17, 15) is 9.59 Å². The number of hydrogen-bond acceptors (Lipinski definition) is 7. The Morgan fingerprint density at radius 3 is 2.55 bits per heavy atom. The number of carbonyl (C=O) groups is 2. The summed E-state index contributed by atoms with van der Waals surface area (Å²) >= 11 is 0. The van der Waals surface area contributed by atoms with Crippen LogP contribution in [-0.4, -0.2) is 67.8 Å². The van der Waals surface area contributed by atoms with E-state index in [4.69, 9.17) is 14.2 Å². The SMILES string of the molecule is COC(=O)c1ccc(O[C@@H](C)C(=O)N2CCN(c3cc(C)ccn3)CC2C)c(OC)c1. The summed E-state index contributed by atoms with van der Waals surface area (Å²) in [5, 5.41) is 0. The molecule has 8 heteroatoms. The van der Waals surface area contributed by atoms with Gasteiger partial charge in [-0.25, -0.2) is 9.78 Å². The predicted molar refractivity (Wildman–Crippen MR) is 117 cm³/mol. The third-order valence-corrected chi connectivity index (χ3v) is 5.37. The topological polar surface area (TPSA) is 81.2 Å². The molecule has 2 aromatic rings. The first kappa shape index (κ1) is 22.4. The summed E-state index contributed by atoms with van der Waals surface area (Å²) in [4.78, 5) is 33.3. The summed E-state index contributed by atoms with van der Waals surface area (Å²) < 4.78 is 16.0. The summed E-state index contributed by atoms with van der Waals surface area (Å²) in [6.07, 6.45) is 1.10. The molecule has 1 aliphatic heterocycles. The lowest BCUT2D eigenvalue weighted by Gasteiger charge is -2.41. The van der Waals surface area contributed by atoms with Crippen LogP contribution in [0.1, 0.15) is 29.8 Å². The molecule has 0 saturated carbocycles. The maximum atomic E-state index is 13.1. The van der Waals surface area contributed by atoms with Gasteiger partial charge >= 0.3 is 5.97 Å². The molecule has 1 aliphatic rings. The molecular weight excluding hydrogens is 398 g/mol. The lowest BCUT2D eigenvalue weighted by molar-refractivity contribution is -0.140. The molecule has 166 valence electrons. The molecule has 0 aliphatic carbocycles. The zero-order valence-corrected chi connectivity index (χ0v) is 18.6. The van der Waals surface area contributed by atoms with E-state index in [1.807, 2.05) is 31.0 Å². The molecule has 1 unspecified atom stereocenters. The highest BCUT2D eigenvalue weighted by Gasteiger charge is 2.32. The fourth-order valence-electron chi connectivity index (χ4n) is 3.67. The van der Waals surface area contributed by atoms with Gasteiger partial charge in [0.05, 0.1) is 19.8 Å². The molecule has 2 atom stereocenters. The van der Waals surface area contributed by atoms with E-state index in [1.54, 1.807) is 19.1 Å². The third-order valence-electron chi connectivity index (χ3n) is 5.37. The average Bonchev–Trinajstić information content (AvgIpc) is 2.78. The van der Waals surface area contributed by atoms with Crippen LogP contribution in [0.2, 0.25) is 0 Å². The molecule has 3 rings (SSSR count). The Labute approximate surface area is 182 Å². The minimum absolute atomic E-state index is 0.0122. The molecule has 1 amide bonds. The van der Waals surface area contributed by atoms with E-state index in [-0.39, 0.29) is 11.9 Å². The zero-order valence-electron chi connectivity index (χ0n) is 18.6. The van der Waals surface area contributed by atoms with Gasteiger partial charge < -0.3 is 24.0 Å². The number of carbonyl (C=O) groups excluding carboxylic acids is 2. The number of hydrogen-bond donors (Lipinski definition) is 0. The zero-order chi connectivity index (χ0) is 22.5. The van der Waals surface area contributed by atoms with Crippen molar-refractivity contribution in [1.82, 2.24) is 9.88 Å². The number of pyridine rings is 1. The van der Waals surface area contributed by atoms with Gasteiger partial charge in [0.25, 0.3) is 5.91 Å². The number of anilines is 1. The summed E-state index contributed by atoms with van der Waals surface area (Å²) in [6.45, 7) is 7.78. The minimum atomic E-state index is -0.705. The number of amides is 1. The van der Waals surface area contributed by atoms with Crippen molar-refractivity contribution in [2.24, 2.45) is 0 Å². The fraction of sp³-hybridized carbons (Fsp3) is 0.435. The number of benzene rings is 1. The quantitative estimate of drug-likeness (QED) is 0.656. The first-order valence-corrected chi connectivity index (χ1v) is 10.2. The lowest BCUT2D eigenvalue weighted by Crippen LogP contribution is -2.56. The Bertz CT molecular complexity index is 949. The van der Waals surface area contributed by atoms with Gasteiger partial charge in [0.2, 0.25) is 0 Å². The van der Waals surface area contributed by atoms with Crippen molar-refractivity contribution in [1.29, 1.82) is 0 Å². The van der Waals surface area contributed by atoms with E-state index in [0.29, 0.717) is 36.7 Å². The summed E-state index contributed by atoms with van der Waals surface area (Å²) in [5.74, 6) is 1.13. The number of nitrogens with zero attached hydrogens (tertiary/aromatic N) is 3. The number of aryl methyl sites for hydroxylation is 1. The van der Waals surface area contributed by atoms with Crippen LogP contribution in [0.15, 0.2) is 36.5 Å². The molecule has 0 N–H and O–H groups in total. The molecule has 1 fully saturated rings. The molecule has 1 saturated heterocycles. The fourth-order valence-corrected chi connectivity index (χ4v) is 3.67. The number of aromatic nitrogens is 1. The van der Waals surface area contributed by atoms with Crippen molar-refractivity contribution in [3.63, 3.8) is 0 Å². The van der Waals surface area contributed by atoms with Gasteiger partial charge in [-0.2, -0.15) is 0 Å². The van der Waals surface area contributed by atoms with Gasteiger partial charge in [0, 0.05) is 31.9 Å². The second-order valence-electron chi connectivity index (χ2n) is 7.64. The normalized spacial score (nSPS) is 17.1. The Kier molecular flexibility index (Phi) is 6.99. The predicted octanol–water partition coefficient (Wildman–Crippen LogP) is 2.69. The van der Waals surface area contributed by atoms with Crippen LogP contribution < -0.4 is 14.4 Å². The van der Waals surface area contributed by atoms with Crippen molar-refractivity contribution >= 4 is 17.7 Å². The van der Waals surface area contributed by atoms with Gasteiger partial charge in [-0.15, -0.1) is 0 Å². The van der Waals surface area contributed by atoms with Crippen LogP contribution in [0, 0.1) is 6.92 Å². The van der Waals surface area contributed by atoms with Gasteiger partial charge in [0.1, 0.15) is 5.82 Å². The van der Waals surface area contributed by atoms with Crippen molar-refractivity contribution in [3.8, 4) is 11.5 Å². The van der Waals surface area contributed by atoms with E-state index in [2.05, 4.69) is 16.0 Å². The van der Waals surface area contributed by atoms with Crippen LogP contribution >= 0.6 is 0 Å². The maximum Gasteiger partial charge on any atom is 0.337 e. The number of ether oxygens (including phenoxy) is 3. The van der Waals surface area contributed by atoms with E-state index >= 15 is 0 Å². The van der Waals surface area contributed by atoms with Gasteiger partial charge in [-0.05, 0) is 56.7 Å². The summed E-state index contributed by atoms with van der Waals surface area (Å²) in [7, 11) is 2.80. The summed E-state index contributed by atoms with van der Waals surface area (Å²) in [5.41, 5.74) is 1.51. The molecule has 0 radical (unpaired) electrons. The first-order chi connectivity index (χ1) is 14.8. The van der Waals surface area contributed by atoms with Crippen molar-refractivity contribution in [3.05, 3.63) is 47.7 Å². The van der Waals surface area contributed by atoms with E-state index < -0.39 is 12.1 Å². The Morgan fingerprint density at radius 1 is 1.13 bits per heavy atom. The van der Waals surface area contributed by atoms with Crippen LogP contribution in [0.4, 0.5) is 5.82 Å². The largest absolute Gasteiger partial charge is 0.493 e. The van der Waals surface area contributed by atoms with Crippen LogP contribution in [-0.2, 0) is 9.53 Å². The van der Waals surface area contributed by atoms with Crippen LogP contribution in [0.3, 0.4) is 0 Å². The summed E-state index contributed by atoms with van der Waals surface area (Å²) in [6, 6.07) is 8.77. The highest BCUT2D eigenvalue weighted by Crippen LogP contribution is 2.30. The maximum absolute atomic E-state index is 13.1. The molecule has 2 heterocycles. The number of piperazine rings is 1. The Balaban J connectivity index is 1.66. The van der Waals surface area contributed by atoms with Crippen molar-refractivity contribution < 1.29 is 23.8 Å². The number of rotatable bonds is 6. The lowest BCUT2D eigenvalue weighted by atomic mass is 10.1. The molecule has 1 aromatic heterocycles. The average molecular weight is 428 g/mol. The van der Waals surface area contributed by atoms with Crippen LogP contribution in [0.25, 0.3) is 0 Å². The highest BCUT2D eigenvalue weighted by molar-refractivity contribution is 5.90. The minimum Gasteiger partial charge on any atom is -0.493 e. The molecule has 8 nitrogen and oxygen atoms in total. The third kappa shape index (κ3) is 5.07. The monoisotopic (exact) mass is 427 g/mol. The van der Waals surface area contributed by atoms with Crippen LogP contribution in [0.5, 0.6) is 11.5 Å². The smallest absolute Gasteiger partial charge is 0.337 e. The van der Waals surface area contributed by atoms with Gasteiger partial charge in [-0.1, -0.05) is 0 Å². The number of esters is 1. The molecule has 31 heavy (non-hydrogen) atoms. The second kappa shape index (κ2) is 9.68. The second-order valence-corrected chi connectivity index (χ2v) is 7.64. The van der Waals surface area contributed by atoms with E-state index in [0.717, 1.165) is 11.4 Å². The number of methoxy groups -OCH3 is 2.